The van der Waals surface area contributed by atoms with E-state index in [4.69, 9.17) is 22.9 Å². The van der Waals surface area contributed by atoms with Gasteiger partial charge in [-0.3, -0.25) is 42.5 Å². The standard InChI is InChI=1S/2C10H16O4S.2C2H7N3/c2*1-9(2)7-3-4-10(9,8(11)5-7)6-15(12,13)14;2*1-5-2(3)4/h2*7H,3-6H2,1-2H3,(H,12,13,14);2*1H3,(H4,3,4,5)/t2*7-,10-;;/m11../s1. The molecule has 16 heteroatoms. The molecule has 4 atom stereocenters. The molecule has 4 aliphatic rings. The normalized spacial score (nSPS) is 30.6. The van der Waals surface area contributed by atoms with Crippen LogP contribution in [0.3, 0.4) is 0 Å². The summed E-state index contributed by atoms with van der Waals surface area (Å²) in [5.74, 6) is -0.0511. The van der Waals surface area contributed by atoms with Gasteiger partial charge in [-0.2, -0.15) is 0 Å². The molecule has 232 valence electrons. The van der Waals surface area contributed by atoms with Crippen molar-refractivity contribution in [1.82, 2.24) is 0 Å². The molecule has 10 N–H and O–H groups in total. The second kappa shape index (κ2) is 12.3. The zero-order valence-electron chi connectivity index (χ0n) is 24.2. The molecule has 4 aliphatic carbocycles. The molecule has 0 radical (unpaired) electrons. The number of Topliss-reactive ketones (excluding diaryl/α,β-unsaturated/α-hetero) is 2. The Labute approximate surface area is 237 Å². The van der Waals surface area contributed by atoms with E-state index in [1.54, 1.807) is 14.1 Å². The van der Waals surface area contributed by atoms with Gasteiger partial charge in [0, 0.05) is 23.7 Å². The van der Waals surface area contributed by atoms with Crippen molar-refractivity contribution in [2.24, 2.45) is 56.4 Å². The number of nitrogens with two attached hydrogens (primary N) is 4. The lowest BCUT2D eigenvalue weighted by Gasteiger charge is -2.37. The highest BCUT2D eigenvalue weighted by Gasteiger charge is 2.65. The summed E-state index contributed by atoms with van der Waals surface area (Å²) in [5.41, 5.74) is 17.1. The maximum atomic E-state index is 11.8. The van der Waals surface area contributed by atoms with E-state index in [9.17, 15) is 35.5 Å². The van der Waals surface area contributed by atoms with Gasteiger partial charge in [-0.1, -0.05) is 27.7 Å². The van der Waals surface area contributed by atoms with Gasteiger partial charge in [-0.25, -0.2) is 16.8 Å². The van der Waals surface area contributed by atoms with Gasteiger partial charge in [0.25, 0.3) is 0 Å². The SMILES string of the molecule is CC1(C)[C@@H]2CC[C@@]1(CS(=O)(=O)[O-])C(=O)C2.CC1(C)[C@@H]2CC[C@@]1(CS(=O)(=O)[O-])C(=O)C2.C[NH+]=C(N)N.C[NH+]=C(N)N. The summed E-state index contributed by atoms with van der Waals surface area (Å²) in [6, 6.07) is 0. The number of rotatable bonds is 4. The van der Waals surface area contributed by atoms with E-state index in [1.807, 2.05) is 27.7 Å². The number of ketones is 2. The van der Waals surface area contributed by atoms with Crippen LogP contribution in [-0.4, -0.2) is 75.0 Å². The highest BCUT2D eigenvalue weighted by Crippen LogP contribution is 2.65. The quantitative estimate of drug-likeness (QED) is 0.100. The second-order valence-corrected chi connectivity index (χ2v) is 15.0. The first kappa shape index (κ1) is 35.7. The lowest BCUT2D eigenvalue weighted by Crippen LogP contribution is -2.73. The Balaban J connectivity index is 0.000000302. The van der Waals surface area contributed by atoms with Crippen LogP contribution >= 0.6 is 0 Å². The van der Waals surface area contributed by atoms with Crippen LogP contribution in [0.25, 0.3) is 0 Å². The Kier molecular flexibility index (Phi) is 11.0. The van der Waals surface area contributed by atoms with Crippen LogP contribution in [0.1, 0.15) is 66.2 Å². The van der Waals surface area contributed by atoms with E-state index < -0.39 is 42.6 Å². The third-order valence-electron chi connectivity index (χ3n) is 9.70. The highest BCUT2D eigenvalue weighted by atomic mass is 32.2. The summed E-state index contributed by atoms with van der Waals surface area (Å²) < 4.78 is 65.4. The molecule has 14 nitrogen and oxygen atoms in total. The number of nitrogens with one attached hydrogen (secondary N) is 2. The van der Waals surface area contributed by atoms with Crippen LogP contribution in [-0.2, 0) is 29.8 Å². The van der Waals surface area contributed by atoms with Crippen LogP contribution < -0.4 is 32.9 Å². The van der Waals surface area contributed by atoms with Gasteiger partial charge >= 0.3 is 11.9 Å². The zero-order valence-corrected chi connectivity index (χ0v) is 25.8. The van der Waals surface area contributed by atoms with E-state index >= 15 is 0 Å². The van der Waals surface area contributed by atoms with Gasteiger partial charge in [0.1, 0.15) is 11.6 Å². The summed E-state index contributed by atoms with van der Waals surface area (Å²) >= 11 is 0. The maximum absolute atomic E-state index is 11.8. The molecule has 4 rings (SSSR count). The van der Waals surface area contributed by atoms with E-state index in [0.29, 0.717) is 25.7 Å². The van der Waals surface area contributed by atoms with Crippen LogP contribution in [0, 0.1) is 33.5 Å². The third-order valence-corrected chi connectivity index (χ3v) is 11.4. The molecule has 4 bridgehead atoms. The molecule has 0 unspecified atom stereocenters. The molecule has 0 amide bonds. The number of hydrogen-bond acceptors (Lipinski definition) is 8. The lowest BCUT2D eigenvalue weighted by molar-refractivity contribution is -0.422. The van der Waals surface area contributed by atoms with Crippen molar-refractivity contribution < 1.29 is 45.5 Å². The fraction of sp³-hybridized carbons (Fsp3) is 0.833. The summed E-state index contributed by atoms with van der Waals surface area (Å²) in [4.78, 5) is 28.7. The Morgan fingerprint density at radius 1 is 0.725 bits per heavy atom. The van der Waals surface area contributed by atoms with Crippen LogP contribution in [0.15, 0.2) is 0 Å². The van der Waals surface area contributed by atoms with Gasteiger partial charge in [0.05, 0.1) is 45.8 Å². The molecule has 0 aromatic carbocycles. The summed E-state index contributed by atoms with van der Waals surface area (Å²) in [7, 11) is -5.33. The average Bonchev–Trinajstić information content (AvgIpc) is 3.31. The monoisotopic (exact) mass is 610 g/mol. The van der Waals surface area contributed by atoms with Gasteiger partial charge in [-0.05, 0) is 48.3 Å². The fourth-order valence-corrected chi connectivity index (χ4v) is 9.38. The Morgan fingerprint density at radius 3 is 1.10 bits per heavy atom. The molecule has 4 fully saturated rings. The molecule has 0 spiro atoms. The Hall–Kier alpha value is -2.30. The molecular formula is C24H46N6O8S2. The third kappa shape index (κ3) is 7.50. The van der Waals surface area contributed by atoms with E-state index in [-0.39, 0.29) is 46.2 Å². The number of carbonyl (C=O) groups excluding carboxylic acids is 2. The summed E-state index contributed by atoms with van der Waals surface area (Å²) in [6.07, 6.45) is 3.75. The Morgan fingerprint density at radius 2 is 0.975 bits per heavy atom. The van der Waals surface area contributed by atoms with Crippen molar-refractivity contribution in [3.8, 4) is 0 Å². The molecular weight excluding hydrogens is 564 g/mol. The van der Waals surface area contributed by atoms with E-state index in [1.165, 1.54) is 0 Å². The molecule has 0 aromatic heterocycles. The first-order valence-corrected chi connectivity index (χ1v) is 16.1. The first-order valence-electron chi connectivity index (χ1n) is 13.0. The molecule has 0 heterocycles. The lowest BCUT2D eigenvalue weighted by atomic mass is 9.70. The van der Waals surface area contributed by atoms with Crippen molar-refractivity contribution in [2.75, 3.05) is 25.6 Å². The van der Waals surface area contributed by atoms with Gasteiger partial charge in [0.2, 0.25) is 0 Å². The smallest absolute Gasteiger partial charge is 0.338 e. The molecule has 4 saturated carbocycles. The number of carbonyl (C=O) groups is 2. The van der Waals surface area contributed by atoms with Crippen LogP contribution in [0.2, 0.25) is 0 Å². The molecule has 0 aromatic rings. The fourth-order valence-electron chi connectivity index (χ4n) is 6.82. The van der Waals surface area contributed by atoms with Crippen molar-refractivity contribution in [3.05, 3.63) is 0 Å². The highest BCUT2D eigenvalue weighted by molar-refractivity contribution is 7.86. The number of guanidine groups is 2. The average molecular weight is 611 g/mol. The minimum absolute atomic E-state index is 0.0248. The van der Waals surface area contributed by atoms with Crippen molar-refractivity contribution in [2.45, 2.75) is 66.2 Å². The predicted molar refractivity (Wildman–Crippen MR) is 147 cm³/mol. The number of fused-ring (bicyclic) bond motifs is 4. The van der Waals surface area contributed by atoms with Gasteiger partial charge in [-0.15, -0.1) is 0 Å². The second-order valence-electron chi connectivity index (χ2n) is 12.1. The maximum Gasteiger partial charge on any atom is 0.338 e. The minimum atomic E-state index is -4.33. The molecule has 0 saturated heterocycles. The number of hydrogen-bond donors (Lipinski definition) is 6. The van der Waals surface area contributed by atoms with E-state index in [0.717, 1.165) is 12.8 Å². The summed E-state index contributed by atoms with van der Waals surface area (Å²) in [5, 5.41) is 0. The first-order chi connectivity index (χ1) is 17.9. The van der Waals surface area contributed by atoms with Gasteiger partial charge < -0.3 is 9.11 Å². The molecule has 40 heavy (non-hydrogen) atoms. The zero-order chi connectivity index (χ0) is 31.5. The van der Waals surface area contributed by atoms with Crippen molar-refractivity contribution >= 4 is 43.7 Å². The topological polar surface area (TPSA) is 281 Å². The molecule has 0 aliphatic heterocycles. The van der Waals surface area contributed by atoms with Gasteiger partial charge in [0.15, 0.2) is 0 Å². The minimum Gasteiger partial charge on any atom is -0.748 e. The van der Waals surface area contributed by atoms with Crippen LogP contribution in [0.5, 0.6) is 0 Å². The Bertz CT molecular complexity index is 1140. The summed E-state index contributed by atoms with van der Waals surface area (Å²) in [6.45, 7) is 7.67. The van der Waals surface area contributed by atoms with Crippen LogP contribution in [0.4, 0.5) is 0 Å². The van der Waals surface area contributed by atoms with Crippen molar-refractivity contribution in [3.63, 3.8) is 0 Å². The predicted octanol–water partition coefficient (Wildman–Crippen LogP) is -4.21. The largest absolute Gasteiger partial charge is 0.748 e. The van der Waals surface area contributed by atoms with E-state index in [2.05, 4.69) is 9.98 Å². The van der Waals surface area contributed by atoms with Crippen molar-refractivity contribution in [1.29, 1.82) is 0 Å².